The van der Waals surface area contributed by atoms with Crippen molar-refractivity contribution in [2.45, 2.75) is 23.6 Å². The zero-order chi connectivity index (χ0) is 13.1. The number of hydrogen-bond acceptors (Lipinski definition) is 7. The highest BCUT2D eigenvalue weighted by atomic mass is 32.2. The molecule has 2 rings (SSSR count). The van der Waals surface area contributed by atoms with Crippen LogP contribution in [0.15, 0.2) is 32.7 Å². The molecule has 0 fully saturated rings. The Hall–Kier alpha value is -1.93. The standard InChI is InChI=1S/C10H9N3O4S/c1-6-11-12-10(17-6)18-9-3-2-7(5-14)4-8(9)13(15)16/h2-4,14H,5H2,1H3. The second-order valence-electron chi connectivity index (χ2n) is 3.41. The van der Waals surface area contributed by atoms with Gasteiger partial charge in [-0.3, -0.25) is 10.1 Å². The molecule has 0 unspecified atom stereocenters. The summed E-state index contributed by atoms with van der Waals surface area (Å²) in [5.74, 6) is 0.395. The SMILES string of the molecule is Cc1nnc(Sc2ccc(CO)cc2[N+](=O)[O-])o1. The first-order valence-corrected chi connectivity index (χ1v) is 5.78. The summed E-state index contributed by atoms with van der Waals surface area (Å²) in [5, 5.41) is 27.5. The fourth-order valence-electron chi connectivity index (χ4n) is 1.30. The zero-order valence-corrected chi connectivity index (χ0v) is 10.2. The van der Waals surface area contributed by atoms with Crippen LogP contribution in [0.25, 0.3) is 0 Å². The smallest absolute Gasteiger partial charge is 0.283 e. The van der Waals surface area contributed by atoms with Gasteiger partial charge in [-0.05, 0) is 23.4 Å². The van der Waals surface area contributed by atoms with Gasteiger partial charge in [0.05, 0.1) is 16.4 Å². The second-order valence-corrected chi connectivity index (χ2v) is 4.40. The number of rotatable bonds is 4. The van der Waals surface area contributed by atoms with Crippen molar-refractivity contribution in [2.24, 2.45) is 0 Å². The molecular formula is C10H9N3O4S. The molecule has 0 aliphatic heterocycles. The molecule has 0 saturated heterocycles. The largest absolute Gasteiger partial charge is 0.416 e. The molecule has 0 spiro atoms. The highest BCUT2D eigenvalue weighted by Gasteiger charge is 2.17. The van der Waals surface area contributed by atoms with Crippen LogP contribution in [0.3, 0.4) is 0 Å². The molecule has 0 saturated carbocycles. The minimum atomic E-state index is -0.509. The first-order valence-electron chi connectivity index (χ1n) is 4.96. The molecule has 0 aliphatic rings. The van der Waals surface area contributed by atoms with E-state index in [0.29, 0.717) is 16.3 Å². The summed E-state index contributed by atoms with van der Waals surface area (Å²) in [4.78, 5) is 10.8. The van der Waals surface area contributed by atoms with E-state index in [9.17, 15) is 10.1 Å². The summed E-state index contributed by atoms with van der Waals surface area (Å²) in [6.45, 7) is 1.39. The van der Waals surface area contributed by atoms with Crippen molar-refractivity contribution in [2.75, 3.05) is 0 Å². The van der Waals surface area contributed by atoms with Crippen LogP contribution in [0.1, 0.15) is 11.5 Å². The predicted molar refractivity (Wildman–Crippen MR) is 62.2 cm³/mol. The van der Waals surface area contributed by atoms with Gasteiger partial charge in [-0.2, -0.15) is 0 Å². The Morgan fingerprint density at radius 3 is 2.83 bits per heavy atom. The molecule has 1 aromatic heterocycles. The van der Waals surface area contributed by atoms with Crippen LogP contribution in [0.4, 0.5) is 5.69 Å². The van der Waals surface area contributed by atoms with E-state index in [1.807, 2.05) is 0 Å². The van der Waals surface area contributed by atoms with Gasteiger partial charge >= 0.3 is 0 Å². The van der Waals surface area contributed by atoms with E-state index in [1.165, 1.54) is 6.07 Å². The Morgan fingerprint density at radius 2 is 2.28 bits per heavy atom. The maximum atomic E-state index is 10.9. The molecule has 1 heterocycles. The van der Waals surface area contributed by atoms with Crippen molar-refractivity contribution in [3.05, 3.63) is 39.8 Å². The van der Waals surface area contributed by atoms with Crippen LogP contribution >= 0.6 is 11.8 Å². The van der Waals surface area contributed by atoms with Crippen LogP contribution in [0, 0.1) is 17.0 Å². The third-order valence-corrected chi connectivity index (χ3v) is 3.01. The van der Waals surface area contributed by atoms with Crippen molar-refractivity contribution in [3.8, 4) is 0 Å². The van der Waals surface area contributed by atoms with Crippen LogP contribution in [-0.4, -0.2) is 20.2 Å². The average molecular weight is 267 g/mol. The van der Waals surface area contributed by atoms with Gasteiger partial charge in [0.15, 0.2) is 0 Å². The maximum Gasteiger partial charge on any atom is 0.283 e. The first-order chi connectivity index (χ1) is 8.60. The normalized spacial score (nSPS) is 10.6. The monoisotopic (exact) mass is 267 g/mol. The van der Waals surface area contributed by atoms with E-state index in [4.69, 9.17) is 9.52 Å². The molecule has 1 N–H and O–H groups in total. The predicted octanol–water partition coefficient (Wildman–Crippen LogP) is 1.93. The van der Waals surface area contributed by atoms with Gasteiger partial charge in [0, 0.05) is 13.0 Å². The lowest BCUT2D eigenvalue weighted by molar-refractivity contribution is -0.387. The van der Waals surface area contributed by atoms with Gasteiger partial charge < -0.3 is 9.52 Å². The molecular weight excluding hydrogens is 258 g/mol. The number of nitro benzene ring substituents is 1. The Kier molecular flexibility index (Phi) is 3.58. The summed E-state index contributed by atoms with van der Waals surface area (Å²) in [5.41, 5.74) is 0.384. The minimum absolute atomic E-state index is 0.0950. The lowest BCUT2D eigenvalue weighted by Crippen LogP contribution is -1.93. The fourth-order valence-corrected chi connectivity index (χ4v) is 2.11. The summed E-state index contributed by atoms with van der Waals surface area (Å²) in [6.07, 6.45) is 0. The fraction of sp³-hybridized carbons (Fsp3) is 0.200. The van der Waals surface area contributed by atoms with Crippen molar-refractivity contribution < 1.29 is 14.4 Å². The maximum absolute atomic E-state index is 10.9. The number of aromatic nitrogens is 2. The van der Waals surface area contributed by atoms with Crippen LogP contribution in [0.2, 0.25) is 0 Å². The molecule has 1 aromatic carbocycles. The molecule has 94 valence electrons. The molecule has 0 bridgehead atoms. The van der Waals surface area contributed by atoms with Gasteiger partial charge in [-0.1, -0.05) is 6.07 Å². The Morgan fingerprint density at radius 1 is 1.50 bits per heavy atom. The van der Waals surface area contributed by atoms with Gasteiger partial charge in [-0.25, -0.2) is 0 Å². The molecule has 0 amide bonds. The van der Waals surface area contributed by atoms with Gasteiger partial charge in [0.25, 0.3) is 10.9 Å². The molecule has 18 heavy (non-hydrogen) atoms. The zero-order valence-electron chi connectivity index (χ0n) is 9.36. The lowest BCUT2D eigenvalue weighted by atomic mass is 10.2. The number of aliphatic hydroxyl groups is 1. The van der Waals surface area contributed by atoms with E-state index in [1.54, 1.807) is 19.1 Å². The Balaban J connectivity index is 2.34. The van der Waals surface area contributed by atoms with E-state index in [0.717, 1.165) is 11.8 Å². The number of benzene rings is 1. The summed E-state index contributed by atoms with van der Waals surface area (Å²) >= 11 is 1.02. The van der Waals surface area contributed by atoms with E-state index in [-0.39, 0.29) is 17.5 Å². The summed E-state index contributed by atoms with van der Waals surface area (Å²) in [6, 6.07) is 4.48. The van der Waals surface area contributed by atoms with Crippen molar-refractivity contribution in [3.63, 3.8) is 0 Å². The van der Waals surface area contributed by atoms with E-state index >= 15 is 0 Å². The Bertz CT molecular complexity index is 584. The third kappa shape index (κ3) is 2.66. The van der Waals surface area contributed by atoms with E-state index < -0.39 is 4.92 Å². The number of nitrogens with zero attached hydrogens (tertiary/aromatic N) is 3. The quantitative estimate of drug-likeness (QED) is 0.666. The highest BCUT2D eigenvalue weighted by Crippen LogP contribution is 2.34. The summed E-state index contributed by atoms with van der Waals surface area (Å²) < 4.78 is 5.15. The molecule has 0 radical (unpaired) electrons. The number of nitro groups is 1. The molecule has 8 heteroatoms. The summed E-state index contributed by atoms with van der Waals surface area (Å²) in [7, 11) is 0. The van der Waals surface area contributed by atoms with Crippen molar-refractivity contribution in [1.82, 2.24) is 10.2 Å². The van der Waals surface area contributed by atoms with Crippen LogP contribution in [-0.2, 0) is 6.61 Å². The van der Waals surface area contributed by atoms with Gasteiger partial charge in [-0.15, -0.1) is 10.2 Å². The minimum Gasteiger partial charge on any atom is -0.416 e. The molecule has 0 aliphatic carbocycles. The van der Waals surface area contributed by atoms with Gasteiger partial charge in [0.1, 0.15) is 0 Å². The second kappa shape index (κ2) is 5.15. The first kappa shape index (κ1) is 12.5. The molecule has 2 aromatic rings. The molecule has 0 atom stereocenters. The number of aliphatic hydroxyl groups excluding tert-OH is 1. The Labute approximate surface area is 106 Å². The highest BCUT2D eigenvalue weighted by molar-refractivity contribution is 7.99. The van der Waals surface area contributed by atoms with Crippen LogP contribution in [0.5, 0.6) is 0 Å². The average Bonchev–Trinajstić information content (AvgIpc) is 2.75. The topological polar surface area (TPSA) is 102 Å². The van der Waals surface area contributed by atoms with Crippen LogP contribution < -0.4 is 0 Å². The number of hydrogen-bond donors (Lipinski definition) is 1. The van der Waals surface area contributed by atoms with Gasteiger partial charge in [0.2, 0.25) is 5.89 Å². The van der Waals surface area contributed by atoms with Crippen molar-refractivity contribution in [1.29, 1.82) is 0 Å². The lowest BCUT2D eigenvalue weighted by Gasteiger charge is -2.01. The number of aryl methyl sites for hydroxylation is 1. The van der Waals surface area contributed by atoms with E-state index in [2.05, 4.69) is 10.2 Å². The van der Waals surface area contributed by atoms with Crippen molar-refractivity contribution >= 4 is 17.4 Å². The third-order valence-electron chi connectivity index (χ3n) is 2.11. The molecule has 7 nitrogen and oxygen atoms in total.